The van der Waals surface area contributed by atoms with Crippen molar-refractivity contribution in [3.05, 3.63) is 75.1 Å². The molecule has 0 saturated carbocycles. The minimum absolute atomic E-state index is 0.00769. The second-order valence-electron chi connectivity index (χ2n) is 6.00. The number of anilines is 4. The Labute approximate surface area is 176 Å². The van der Waals surface area contributed by atoms with Crippen molar-refractivity contribution in [2.24, 2.45) is 0 Å². The van der Waals surface area contributed by atoms with Gasteiger partial charge in [-0.25, -0.2) is 14.8 Å². The predicted octanol–water partition coefficient (Wildman–Crippen LogP) is 5.24. The highest BCUT2D eigenvalue weighted by molar-refractivity contribution is 6.31. The number of benzene rings is 2. The summed E-state index contributed by atoms with van der Waals surface area (Å²) in [7, 11) is 0. The molecule has 3 N–H and O–H groups in total. The molecule has 9 nitrogen and oxygen atoms in total. The quantitative estimate of drug-likeness (QED) is 0.341. The first kappa shape index (κ1) is 21.8. The first-order valence-electron chi connectivity index (χ1n) is 8.30. The van der Waals surface area contributed by atoms with E-state index in [1.807, 2.05) is 0 Å². The third kappa shape index (κ3) is 4.98. The van der Waals surface area contributed by atoms with Crippen molar-refractivity contribution >= 4 is 46.3 Å². The Balaban J connectivity index is 1.96. The fourth-order valence-electron chi connectivity index (χ4n) is 2.52. The third-order valence-electron chi connectivity index (χ3n) is 3.93. The van der Waals surface area contributed by atoms with Crippen molar-refractivity contribution in [2.75, 3.05) is 10.6 Å². The van der Waals surface area contributed by atoms with Crippen molar-refractivity contribution in [3.63, 3.8) is 0 Å². The molecule has 1 heterocycles. The normalized spacial score (nSPS) is 11.1. The number of carboxylic acids is 1. The van der Waals surface area contributed by atoms with E-state index in [9.17, 15) is 28.1 Å². The molecule has 0 saturated heterocycles. The van der Waals surface area contributed by atoms with Gasteiger partial charge in [0, 0.05) is 11.4 Å². The molecule has 0 radical (unpaired) electrons. The molecule has 0 aliphatic heterocycles. The van der Waals surface area contributed by atoms with Gasteiger partial charge in [-0.3, -0.25) is 10.1 Å². The molecule has 3 rings (SSSR count). The van der Waals surface area contributed by atoms with Crippen molar-refractivity contribution in [3.8, 4) is 0 Å². The number of carbonyl (C=O) groups is 1. The van der Waals surface area contributed by atoms with Crippen LogP contribution >= 0.6 is 11.6 Å². The van der Waals surface area contributed by atoms with Crippen LogP contribution in [-0.4, -0.2) is 26.0 Å². The predicted molar refractivity (Wildman–Crippen MR) is 105 cm³/mol. The van der Waals surface area contributed by atoms with E-state index in [1.54, 1.807) is 0 Å². The first-order chi connectivity index (χ1) is 14.6. The number of hydrogen-bond acceptors (Lipinski definition) is 7. The fraction of sp³-hybridized carbons (Fsp3) is 0.0556. The van der Waals surface area contributed by atoms with E-state index < -0.39 is 33.3 Å². The van der Waals surface area contributed by atoms with Crippen molar-refractivity contribution < 1.29 is 28.0 Å². The summed E-state index contributed by atoms with van der Waals surface area (Å²) in [6.07, 6.45) is -3.74. The molecule has 0 fully saturated rings. The summed E-state index contributed by atoms with van der Waals surface area (Å²) in [6, 6.07) is 8.22. The number of nitro groups is 1. The second kappa shape index (κ2) is 8.44. The lowest BCUT2D eigenvalue weighted by Crippen LogP contribution is -2.08. The number of rotatable bonds is 6. The SMILES string of the molecule is O=C(O)c1ccc(Nc2ncnc(Nc3ccc(Cl)c(C(F)(F)F)c3)c2[N+](=O)[O-])cc1. The fourth-order valence-corrected chi connectivity index (χ4v) is 2.75. The van der Waals surface area contributed by atoms with E-state index >= 15 is 0 Å². The van der Waals surface area contributed by atoms with Crippen LogP contribution in [-0.2, 0) is 6.18 Å². The Hall–Kier alpha value is -3.93. The smallest absolute Gasteiger partial charge is 0.417 e. The van der Waals surface area contributed by atoms with Gasteiger partial charge < -0.3 is 15.7 Å². The molecule has 0 aliphatic rings. The zero-order chi connectivity index (χ0) is 22.8. The van der Waals surface area contributed by atoms with Crippen LogP contribution in [0.3, 0.4) is 0 Å². The van der Waals surface area contributed by atoms with E-state index in [0.29, 0.717) is 11.8 Å². The minimum Gasteiger partial charge on any atom is -0.478 e. The standard InChI is InChI=1S/C18H11ClF3N5O4/c19-13-6-5-11(7-12(13)18(20,21)22)26-16-14(27(30)31)15(23-8-24-16)25-10-3-1-9(2-4-10)17(28)29/h1-8H,(H,28,29)(H2,23,24,25,26). The summed E-state index contributed by atoms with van der Waals surface area (Å²) in [5.41, 5.74) is -1.58. The topological polar surface area (TPSA) is 130 Å². The minimum atomic E-state index is -4.72. The van der Waals surface area contributed by atoms with Gasteiger partial charge in [-0.1, -0.05) is 11.6 Å². The second-order valence-corrected chi connectivity index (χ2v) is 6.41. The average molecular weight is 454 g/mol. The van der Waals surface area contributed by atoms with Crippen LogP contribution in [0.2, 0.25) is 5.02 Å². The van der Waals surface area contributed by atoms with Crippen LogP contribution in [0.1, 0.15) is 15.9 Å². The molecular formula is C18H11ClF3N5O4. The summed E-state index contributed by atoms with van der Waals surface area (Å²) in [5.74, 6) is -1.76. The van der Waals surface area contributed by atoms with E-state index in [2.05, 4.69) is 20.6 Å². The maximum absolute atomic E-state index is 13.1. The molecule has 1 aromatic heterocycles. The molecular weight excluding hydrogens is 443 g/mol. The van der Waals surface area contributed by atoms with E-state index in [1.165, 1.54) is 30.3 Å². The van der Waals surface area contributed by atoms with Crippen molar-refractivity contribution in [1.82, 2.24) is 9.97 Å². The number of carboxylic acid groups (broad SMARTS) is 1. The van der Waals surface area contributed by atoms with Gasteiger partial charge in [0.25, 0.3) is 0 Å². The van der Waals surface area contributed by atoms with E-state index in [0.717, 1.165) is 12.4 Å². The van der Waals surface area contributed by atoms with Crippen molar-refractivity contribution in [1.29, 1.82) is 0 Å². The van der Waals surface area contributed by atoms with Gasteiger partial charge in [0.05, 0.1) is 21.1 Å². The number of aromatic carboxylic acids is 1. The molecule has 2 aromatic carbocycles. The zero-order valence-electron chi connectivity index (χ0n) is 15.1. The number of aromatic nitrogens is 2. The first-order valence-corrected chi connectivity index (χ1v) is 8.67. The highest BCUT2D eigenvalue weighted by atomic mass is 35.5. The van der Waals surface area contributed by atoms with Gasteiger partial charge in [0.15, 0.2) is 0 Å². The van der Waals surface area contributed by atoms with Crippen molar-refractivity contribution in [2.45, 2.75) is 6.18 Å². The Morgan fingerprint density at radius 1 is 1.03 bits per heavy atom. The number of alkyl halides is 3. The Morgan fingerprint density at radius 3 is 2.10 bits per heavy atom. The largest absolute Gasteiger partial charge is 0.478 e. The van der Waals surface area contributed by atoms with Gasteiger partial charge in [-0.15, -0.1) is 0 Å². The van der Waals surface area contributed by atoms with Gasteiger partial charge in [0.1, 0.15) is 6.33 Å². The van der Waals surface area contributed by atoms with Crippen LogP contribution in [0.25, 0.3) is 0 Å². The molecule has 0 unspecified atom stereocenters. The maximum Gasteiger partial charge on any atom is 0.417 e. The zero-order valence-corrected chi connectivity index (χ0v) is 15.9. The monoisotopic (exact) mass is 453 g/mol. The van der Waals surface area contributed by atoms with Gasteiger partial charge >= 0.3 is 17.8 Å². The van der Waals surface area contributed by atoms with E-state index in [-0.39, 0.29) is 22.9 Å². The van der Waals surface area contributed by atoms with Crippen LogP contribution in [0, 0.1) is 10.1 Å². The molecule has 0 bridgehead atoms. The van der Waals surface area contributed by atoms with Gasteiger partial charge in [0.2, 0.25) is 11.6 Å². The molecule has 31 heavy (non-hydrogen) atoms. The highest BCUT2D eigenvalue weighted by Gasteiger charge is 2.33. The molecule has 0 atom stereocenters. The molecule has 3 aromatic rings. The number of halogens is 4. The molecule has 0 aliphatic carbocycles. The van der Waals surface area contributed by atoms with E-state index in [4.69, 9.17) is 16.7 Å². The summed E-state index contributed by atoms with van der Waals surface area (Å²) >= 11 is 5.58. The molecule has 0 spiro atoms. The maximum atomic E-state index is 13.1. The average Bonchev–Trinajstić information content (AvgIpc) is 2.69. The summed E-state index contributed by atoms with van der Waals surface area (Å²) < 4.78 is 39.2. The lowest BCUT2D eigenvalue weighted by Gasteiger charge is -2.13. The Morgan fingerprint density at radius 2 is 1.58 bits per heavy atom. The Bertz CT molecular complexity index is 1160. The summed E-state index contributed by atoms with van der Waals surface area (Å²) in [5, 5.41) is 25.2. The molecule has 13 heteroatoms. The number of nitrogens with zero attached hydrogens (tertiary/aromatic N) is 3. The molecule has 160 valence electrons. The summed E-state index contributed by atoms with van der Waals surface area (Å²) in [6.45, 7) is 0. The molecule has 0 amide bonds. The van der Waals surface area contributed by atoms with Crippen LogP contribution in [0.15, 0.2) is 48.8 Å². The lowest BCUT2D eigenvalue weighted by molar-refractivity contribution is -0.383. The highest BCUT2D eigenvalue weighted by Crippen LogP contribution is 2.38. The van der Waals surface area contributed by atoms with Gasteiger partial charge in [-0.05, 0) is 42.5 Å². The van der Waals surface area contributed by atoms with Gasteiger partial charge in [-0.2, -0.15) is 13.2 Å². The summed E-state index contributed by atoms with van der Waals surface area (Å²) in [4.78, 5) is 29.3. The van der Waals surface area contributed by atoms with Crippen LogP contribution in [0.4, 0.5) is 41.9 Å². The third-order valence-corrected chi connectivity index (χ3v) is 4.26. The number of nitrogens with one attached hydrogen (secondary N) is 2. The lowest BCUT2D eigenvalue weighted by atomic mass is 10.2. The Kier molecular flexibility index (Phi) is 5.92. The van der Waals surface area contributed by atoms with Crippen LogP contribution in [0.5, 0.6) is 0 Å². The van der Waals surface area contributed by atoms with Crippen LogP contribution < -0.4 is 10.6 Å². The number of hydrogen-bond donors (Lipinski definition) is 3.